The van der Waals surface area contributed by atoms with Crippen LogP contribution < -0.4 is 20.2 Å². The van der Waals surface area contributed by atoms with Gasteiger partial charge in [0.05, 0.1) is 34.4 Å². The fourth-order valence-corrected chi connectivity index (χ4v) is 5.02. The maximum Gasteiger partial charge on any atom is 0.271 e. The topological polar surface area (TPSA) is 76.6 Å². The molecule has 6 nitrogen and oxygen atoms in total. The highest BCUT2D eigenvalue weighted by molar-refractivity contribution is 7.07. The van der Waals surface area contributed by atoms with Crippen molar-refractivity contribution in [2.45, 2.75) is 19.9 Å². The van der Waals surface area contributed by atoms with Gasteiger partial charge in [0.25, 0.3) is 11.5 Å². The molecule has 0 bridgehead atoms. The van der Waals surface area contributed by atoms with E-state index < -0.39 is 6.04 Å². The van der Waals surface area contributed by atoms with Crippen molar-refractivity contribution >= 4 is 29.0 Å². The Balaban J connectivity index is 1.68. The molecule has 0 aliphatic carbocycles. The van der Waals surface area contributed by atoms with E-state index in [1.807, 2.05) is 68.4 Å². The summed E-state index contributed by atoms with van der Waals surface area (Å²) in [5, 5.41) is 3.01. The monoisotopic (exact) mass is 455 g/mol. The van der Waals surface area contributed by atoms with Crippen molar-refractivity contribution < 1.29 is 9.21 Å². The van der Waals surface area contributed by atoms with E-state index in [0.717, 1.165) is 22.4 Å². The molecule has 1 aliphatic rings. The van der Waals surface area contributed by atoms with Crippen molar-refractivity contribution in [3.8, 4) is 0 Å². The Morgan fingerprint density at radius 1 is 1.09 bits per heavy atom. The zero-order valence-corrected chi connectivity index (χ0v) is 18.9. The maximum absolute atomic E-state index is 13.5. The number of hydrogen-bond donors (Lipinski definition) is 1. The minimum absolute atomic E-state index is 0.192. The number of carbonyl (C=O) groups excluding carboxylic acids is 1. The molecule has 4 aromatic rings. The first-order valence-corrected chi connectivity index (χ1v) is 11.3. The third-order valence-electron chi connectivity index (χ3n) is 5.62. The number of aromatic nitrogens is 1. The first-order chi connectivity index (χ1) is 16.0. The number of furan rings is 1. The minimum atomic E-state index is -0.585. The number of allylic oxidation sites excluding steroid dienone is 1. The molecule has 0 saturated carbocycles. The summed E-state index contributed by atoms with van der Waals surface area (Å²) in [5.41, 5.74) is 4.17. The molecule has 33 heavy (non-hydrogen) atoms. The van der Waals surface area contributed by atoms with Gasteiger partial charge in [-0.1, -0.05) is 59.9 Å². The lowest BCUT2D eigenvalue weighted by atomic mass is 9.95. The van der Waals surface area contributed by atoms with Gasteiger partial charge in [0, 0.05) is 11.3 Å². The number of thiazole rings is 1. The van der Waals surface area contributed by atoms with Crippen molar-refractivity contribution in [1.29, 1.82) is 0 Å². The summed E-state index contributed by atoms with van der Waals surface area (Å²) < 4.78 is 7.28. The third-order valence-corrected chi connectivity index (χ3v) is 6.60. The Morgan fingerprint density at radius 2 is 1.85 bits per heavy atom. The second-order valence-electron chi connectivity index (χ2n) is 7.82. The Bertz CT molecular complexity index is 1540. The van der Waals surface area contributed by atoms with Crippen molar-refractivity contribution in [2.75, 3.05) is 5.32 Å². The molecule has 1 aliphatic heterocycles. The van der Waals surface area contributed by atoms with Crippen LogP contribution in [0.4, 0.5) is 5.69 Å². The summed E-state index contributed by atoms with van der Waals surface area (Å²) in [6.07, 6.45) is 4.93. The Kier molecular flexibility index (Phi) is 5.40. The van der Waals surface area contributed by atoms with Crippen molar-refractivity contribution in [1.82, 2.24) is 4.57 Å². The number of anilines is 1. The lowest BCUT2D eigenvalue weighted by Gasteiger charge is -2.25. The Morgan fingerprint density at radius 3 is 2.58 bits per heavy atom. The predicted octanol–water partition coefficient (Wildman–Crippen LogP) is 3.78. The van der Waals surface area contributed by atoms with E-state index >= 15 is 0 Å². The average Bonchev–Trinajstić information content (AvgIpc) is 3.43. The fraction of sp³-hybridized carbons (Fsp3) is 0.115. The fourth-order valence-electron chi connectivity index (χ4n) is 3.97. The zero-order chi connectivity index (χ0) is 22.9. The maximum atomic E-state index is 13.5. The summed E-state index contributed by atoms with van der Waals surface area (Å²) in [5.74, 6) is -0.275. The lowest BCUT2D eigenvalue weighted by molar-refractivity contribution is -0.113. The number of nitrogens with zero attached hydrogens (tertiary/aromatic N) is 2. The van der Waals surface area contributed by atoms with E-state index in [1.165, 1.54) is 11.3 Å². The summed E-state index contributed by atoms with van der Waals surface area (Å²) in [7, 11) is 0. The van der Waals surface area contributed by atoms with Crippen LogP contribution in [0.25, 0.3) is 6.08 Å². The van der Waals surface area contributed by atoms with Gasteiger partial charge in [0.2, 0.25) is 0 Å². The number of benzene rings is 2. The van der Waals surface area contributed by atoms with E-state index in [-0.39, 0.29) is 11.5 Å². The van der Waals surface area contributed by atoms with Gasteiger partial charge in [-0.05, 0) is 43.2 Å². The largest absolute Gasteiger partial charge is 0.472 e. The molecule has 1 atom stereocenters. The lowest BCUT2D eigenvalue weighted by Crippen LogP contribution is -2.40. The molecule has 164 valence electrons. The van der Waals surface area contributed by atoms with Gasteiger partial charge in [-0.15, -0.1) is 0 Å². The van der Waals surface area contributed by atoms with Gasteiger partial charge in [0.15, 0.2) is 4.80 Å². The van der Waals surface area contributed by atoms with Crippen molar-refractivity contribution in [3.63, 3.8) is 0 Å². The number of nitrogens with one attached hydrogen (secondary N) is 1. The van der Waals surface area contributed by atoms with Gasteiger partial charge >= 0.3 is 0 Å². The molecule has 0 unspecified atom stereocenters. The molecule has 2 aromatic carbocycles. The van der Waals surface area contributed by atoms with Crippen LogP contribution in [0.3, 0.4) is 0 Å². The third kappa shape index (κ3) is 3.87. The van der Waals surface area contributed by atoms with Crippen LogP contribution in [0, 0.1) is 6.92 Å². The van der Waals surface area contributed by atoms with Crippen LogP contribution in [0.2, 0.25) is 0 Å². The minimum Gasteiger partial charge on any atom is -0.472 e. The number of aryl methyl sites for hydroxylation is 1. The average molecular weight is 456 g/mol. The Labute approximate surface area is 193 Å². The standard InChI is InChI=1S/C26H21N3O3S/c1-16-8-6-7-11-20(16)28-24(30)22-17(2)27-26-29(23(22)19-9-4-3-5-10-19)25(31)21(33-26)14-18-12-13-32-15-18/h3-15,23H,1-2H3,(H,28,30)/t23-/m0/s1. The number of rotatable bonds is 4. The van der Waals surface area contributed by atoms with Crippen LogP contribution >= 0.6 is 11.3 Å². The molecule has 7 heteroatoms. The number of amides is 1. The molecule has 5 rings (SSSR count). The first kappa shape index (κ1) is 20.9. The molecule has 2 aromatic heterocycles. The van der Waals surface area contributed by atoms with Gasteiger partial charge in [-0.2, -0.15) is 0 Å². The Hall–Kier alpha value is -3.97. The van der Waals surface area contributed by atoms with Crippen LogP contribution in [0.1, 0.15) is 29.7 Å². The zero-order valence-electron chi connectivity index (χ0n) is 18.1. The van der Waals surface area contributed by atoms with E-state index in [0.29, 0.717) is 20.6 Å². The molecule has 1 amide bonds. The van der Waals surface area contributed by atoms with Gasteiger partial charge in [0.1, 0.15) is 0 Å². The van der Waals surface area contributed by atoms with Gasteiger partial charge in [-0.25, -0.2) is 4.99 Å². The SMILES string of the molecule is CC1=C(C(=O)Nc2ccccc2C)[C@H](c2ccccc2)n2c(sc(=Cc3ccoc3)c2=O)=N1. The molecule has 1 N–H and O–H groups in total. The molecule has 0 fully saturated rings. The highest BCUT2D eigenvalue weighted by atomic mass is 32.1. The van der Waals surface area contributed by atoms with Crippen molar-refractivity contribution in [2.24, 2.45) is 4.99 Å². The molecule has 0 saturated heterocycles. The van der Waals surface area contributed by atoms with Gasteiger partial charge < -0.3 is 9.73 Å². The van der Waals surface area contributed by atoms with Crippen LogP contribution in [-0.4, -0.2) is 10.5 Å². The van der Waals surface area contributed by atoms with Crippen molar-refractivity contribution in [3.05, 3.63) is 121 Å². The van der Waals surface area contributed by atoms with Gasteiger partial charge in [-0.3, -0.25) is 14.2 Å². The molecule has 0 radical (unpaired) electrons. The molecular formula is C26H21N3O3S. The highest BCUT2D eigenvalue weighted by Crippen LogP contribution is 2.31. The van der Waals surface area contributed by atoms with Crippen LogP contribution in [-0.2, 0) is 4.79 Å². The molecule has 3 heterocycles. The molecular weight excluding hydrogens is 434 g/mol. The first-order valence-electron chi connectivity index (χ1n) is 10.5. The summed E-state index contributed by atoms with van der Waals surface area (Å²) in [6, 6.07) is 18.4. The number of fused-ring (bicyclic) bond motifs is 1. The summed E-state index contributed by atoms with van der Waals surface area (Å²) >= 11 is 1.30. The highest BCUT2D eigenvalue weighted by Gasteiger charge is 2.32. The van der Waals surface area contributed by atoms with E-state index in [2.05, 4.69) is 10.3 Å². The summed E-state index contributed by atoms with van der Waals surface area (Å²) in [6.45, 7) is 3.76. The van der Waals surface area contributed by atoms with E-state index in [9.17, 15) is 9.59 Å². The number of hydrogen-bond acceptors (Lipinski definition) is 5. The second-order valence-corrected chi connectivity index (χ2v) is 8.83. The quantitative estimate of drug-likeness (QED) is 0.509. The predicted molar refractivity (Wildman–Crippen MR) is 129 cm³/mol. The van der Waals surface area contributed by atoms with E-state index in [1.54, 1.807) is 29.2 Å². The number of para-hydroxylation sites is 1. The number of carbonyl (C=O) groups is 1. The van der Waals surface area contributed by atoms with E-state index in [4.69, 9.17) is 4.42 Å². The summed E-state index contributed by atoms with van der Waals surface area (Å²) in [4.78, 5) is 32.3. The van der Waals surface area contributed by atoms with Crippen LogP contribution in [0.15, 0.2) is 98.7 Å². The smallest absolute Gasteiger partial charge is 0.271 e. The molecule has 0 spiro atoms. The van der Waals surface area contributed by atoms with Crippen LogP contribution in [0.5, 0.6) is 0 Å². The second kappa shape index (κ2) is 8.52. The normalized spacial score (nSPS) is 15.8.